The molecule has 9 heteroatoms. The molecule has 0 spiro atoms. The van der Waals surface area contributed by atoms with Crippen LogP contribution in [-0.4, -0.2) is 41.7 Å². The van der Waals surface area contributed by atoms with E-state index in [1.165, 1.54) is 16.1 Å². The van der Waals surface area contributed by atoms with Crippen LogP contribution in [0.5, 0.6) is 0 Å². The van der Waals surface area contributed by atoms with Gasteiger partial charge in [-0.1, -0.05) is 43.8 Å². The van der Waals surface area contributed by atoms with E-state index in [9.17, 15) is 13.2 Å². The fourth-order valence-electron chi connectivity index (χ4n) is 3.08. The van der Waals surface area contributed by atoms with E-state index in [0.717, 1.165) is 15.6 Å². The summed E-state index contributed by atoms with van der Waals surface area (Å²) in [5.74, 6) is -0.121. The molecular weight excluding hydrogens is 444 g/mol. The molecule has 3 aromatic rings. The third-order valence-corrected chi connectivity index (χ3v) is 7.72. The SMILES string of the molecule is CCN(CC)S(=O)(=O)c1ccc(CCC(=O)Nc2ccnc(Sc3ccccn3)c2)cc1. The largest absolute Gasteiger partial charge is 0.326 e. The van der Waals surface area contributed by atoms with Crippen molar-refractivity contribution in [2.75, 3.05) is 18.4 Å². The van der Waals surface area contributed by atoms with Crippen molar-refractivity contribution in [3.63, 3.8) is 0 Å². The fourth-order valence-corrected chi connectivity index (χ4v) is 5.31. The molecule has 0 saturated heterocycles. The van der Waals surface area contributed by atoms with Crippen molar-refractivity contribution >= 4 is 33.4 Å². The number of hydrogen-bond acceptors (Lipinski definition) is 6. The van der Waals surface area contributed by atoms with Crippen molar-refractivity contribution in [1.82, 2.24) is 14.3 Å². The highest BCUT2D eigenvalue weighted by atomic mass is 32.2. The zero-order chi connectivity index (χ0) is 23.0. The summed E-state index contributed by atoms with van der Waals surface area (Å²) in [4.78, 5) is 21.2. The fraction of sp³-hybridized carbons (Fsp3) is 0.261. The maximum absolute atomic E-state index is 12.6. The van der Waals surface area contributed by atoms with E-state index in [1.54, 1.807) is 42.7 Å². The lowest BCUT2D eigenvalue weighted by atomic mass is 10.1. The van der Waals surface area contributed by atoms with E-state index in [0.29, 0.717) is 25.2 Å². The van der Waals surface area contributed by atoms with Gasteiger partial charge in [-0.2, -0.15) is 4.31 Å². The van der Waals surface area contributed by atoms with Gasteiger partial charge >= 0.3 is 0 Å². The number of nitrogens with zero attached hydrogens (tertiary/aromatic N) is 3. The Morgan fingerprint density at radius 1 is 0.969 bits per heavy atom. The van der Waals surface area contributed by atoms with E-state index < -0.39 is 10.0 Å². The van der Waals surface area contributed by atoms with Crippen LogP contribution in [0.15, 0.2) is 81.9 Å². The highest BCUT2D eigenvalue weighted by molar-refractivity contribution is 7.99. The zero-order valence-electron chi connectivity index (χ0n) is 18.1. The number of carbonyl (C=O) groups excluding carboxylic acids is 1. The minimum Gasteiger partial charge on any atom is -0.326 e. The van der Waals surface area contributed by atoms with Gasteiger partial charge in [-0.05, 0) is 48.4 Å². The molecule has 1 amide bonds. The van der Waals surface area contributed by atoms with Crippen LogP contribution in [0.1, 0.15) is 25.8 Å². The van der Waals surface area contributed by atoms with Crippen LogP contribution in [0.4, 0.5) is 5.69 Å². The van der Waals surface area contributed by atoms with Gasteiger partial charge in [0, 0.05) is 37.6 Å². The van der Waals surface area contributed by atoms with Gasteiger partial charge in [0.05, 0.1) is 4.90 Å². The third kappa shape index (κ3) is 6.38. The van der Waals surface area contributed by atoms with Gasteiger partial charge in [0.2, 0.25) is 15.9 Å². The predicted molar refractivity (Wildman–Crippen MR) is 126 cm³/mol. The summed E-state index contributed by atoms with van der Waals surface area (Å²) in [5.41, 5.74) is 1.57. The molecule has 1 N–H and O–H groups in total. The standard InChI is InChI=1S/C23H26N4O3S2/c1-3-27(4-2)32(29,30)20-11-8-18(9-12-20)10-13-21(28)26-19-14-16-25-23(17-19)31-22-7-5-6-15-24-22/h5-9,11-12,14-17H,3-4,10,13H2,1-2H3,(H,25,26,28). The van der Waals surface area contributed by atoms with Crippen LogP contribution in [-0.2, 0) is 21.2 Å². The molecule has 0 aliphatic rings. The van der Waals surface area contributed by atoms with Crippen LogP contribution >= 0.6 is 11.8 Å². The lowest BCUT2D eigenvalue weighted by Gasteiger charge is -2.18. The molecule has 2 heterocycles. The molecule has 168 valence electrons. The Hall–Kier alpha value is -2.75. The number of anilines is 1. The van der Waals surface area contributed by atoms with Gasteiger partial charge in [-0.3, -0.25) is 4.79 Å². The molecule has 0 bridgehead atoms. The van der Waals surface area contributed by atoms with Crippen LogP contribution in [0.3, 0.4) is 0 Å². The maximum atomic E-state index is 12.6. The minimum atomic E-state index is -3.48. The molecule has 0 unspecified atom stereocenters. The topological polar surface area (TPSA) is 92.3 Å². The predicted octanol–water partition coefficient (Wildman–Crippen LogP) is 4.23. The Kier molecular flexibility index (Phi) is 8.38. The summed E-state index contributed by atoms with van der Waals surface area (Å²) in [7, 11) is -3.48. The summed E-state index contributed by atoms with van der Waals surface area (Å²) < 4.78 is 26.6. The monoisotopic (exact) mass is 470 g/mol. The lowest BCUT2D eigenvalue weighted by Crippen LogP contribution is -2.30. The first-order valence-corrected chi connectivity index (χ1v) is 12.6. The number of hydrogen-bond donors (Lipinski definition) is 1. The molecule has 7 nitrogen and oxygen atoms in total. The Morgan fingerprint density at radius 3 is 2.34 bits per heavy atom. The average Bonchev–Trinajstić information content (AvgIpc) is 2.79. The van der Waals surface area contributed by atoms with Crippen molar-refractivity contribution in [3.8, 4) is 0 Å². The molecule has 0 saturated carbocycles. The van der Waals surface area contributed by atoms with Crippen molar-refractivity contribution in [1.29, 1.82) is 0 Å². The Bertz CT molecular complexity index is 1130. The number of aromatic nitrogens is 2. The second kappa shape index (κ2) is 11.2. The molecule has 0 aliphatic carbocycles. The first kappa shape index (κ1) is 23.9. The van der Waals surface area contributed by atoms with E-state index in [1.807, 2.05) is 38.1 Å². The van der Waals surface area contributed by atoms with Crippen molar-refractivity contribution in [2.24, 2.45) is 0 Å². The summed E-state index contributed by atoms with van der Waals surface area (Å²) >= 11 is 1.42. The summed E-state index contributed by atoms with van der Waals surface area (Å²) in [5, 5.41) is 4.46. The first-order valence-electron chi connectivity index (χ1n) is 10.4. The highest BCUT2D eigenvalue weighted by Crippen LogP contribution is 2.25. The van der Waals surface area contributed by atoms with E-state index in [4.69, 9.17) is 0 Å². The number of benzene rings is 1. The van der Waals surface area contributed by atoms with Crippen LogP contribution in [0, 0.1) is 0 Å². The third-order valence-electron chi connectivity index (χ3n) is 4.77. The molecule has 0 radical (unpaired) electrons. The molecule has 0 atom stereocenters. The smallest absolute Gasteiger partial charge is 0.243 e. The first-order chi connectivity index (χ1) is 15.4. The summed E-state index contributed by atoms with van der Waals surface area (Å²) in [6, 6.07) is 15.9. The number of carbonyl (C=O) groups is 1. The van der Waals surface area contributed by atoms with Crippen LogP contribution in [0.25, 0.3) is 0 Å². The molecule has 32 heavy (non-hydrogen) atoms. The van der Waals surface area contributed by atoms with Crippen LogP contribution in [0.2, 0.25) is 0 Å². The number of aryl methyl sites for hydroxylation is 1. The second-order valence-electron chi connectivity index (χ2n) is 6.93. The molecular formula is C23H26N4O3S2. The average molecular weight is 471 g/mol. The molecule has 2 aromatic heterocycles. The van der Waals surface area contributed by atoms with Gasteiger partial charge in [0.15, 0.2) is 0 Å². The molecule has 0 aliphatic heterocycles. The highest BCUT2D eigenvalue weighted by Gasteiger charge is 2.21. The van der Waals surface area contributed by atoms with Gasteiger partial charge < -0.3 is 5.32 Å². The Balaban J connectivity index is 1.55. The van der Waals surface area contributed by atoms with Gasteiger partial charge in [0.1, 0.15) is 10.1 Å². The lowest BCUT2D eigenvalue weighted by molar-refractivity contribution is -0.116. The molecule has 1 aromatic carbocycles. The summed E-state index contributed by atoms with van der Waals surface area (Å²) in [6.07, 6.45) is 4.17. The van der Waals surface area contributed by atoms with Crippen LogP contribution < -0.4 is 5.32 Å². The second-order valence-corrected chi connectivity index (χ2v) is 9.91. The maximum Gasteiger partial charge on any atom is 0.243 e. The van der Waals surface area contributed by atoms with E-state index in [-0.39, 0.29) is 17.2 Å². The molecule has 3 rings (SSSR count). The number of nitrogens with one attached hydrogen (secondary N) is 1. The Morgan fingerprint density at radius 2 is 1.69 bits per heavy atom. The van der Waals surface area contributed by atoms with Crippen molar-refractivity contribution < 1.29 is 13.2 Å². The van der Waals surface area contributed by atoms with E-state index in [2.05, 4.69) is 15.3 Å². The number of amides is 1. The quantitative estimate of drug-likeness (QED) is 0.477. The number of rotatable bonds is 10. The number of pyridine rings is 2. The normalized spacial score (nSPS) is 11.5. The Labute approximate surface area is 193 Å². The minimum absolute atomic E-state index is 0.121. The van der Waals surface area contributed by atoms with Gasteiger partial charge in [-0.25, -0.2) is 18.4 Å². The van der Waals surface area contributed by atoms with Gasteiger partial charge in [0.25, 0.3) is 0 Å². The van der Waals surface area contributed by atoms with Crippen molar-refractivity contribution in [3.05, 3.63) is 72.6 Å². The zero-order valence-corrected chi connectivity index (χ0v) is 19.7. The summed E-state index contributed by atoms with van der Waals surface area (Å²) in [6.45, 7) is 4.49. The molecule has 0 fully saturated rings. The number of sulfonamides is 1. The van der Waals surface area contributed by atoms with E-state index >= 15 is 0 Å². The van der Waals surface area contributed by atoms with Gasteiger partial charge in [-0.15, -0.1) is 0 Å². The van der Waals surface area contributed by atoms with Crippen molar-refractivity contribution in [2.45, 2.75) is 41.6 Å².